The van der Waals surface area contributed by atoms with Crippen LogP contribution in [0, 0.1) is 11.6 Å². The zero-order valence-electron chi connectivity index (χ0n) is 24.0. The summed E-state index contributed by atoms with van der Waals surface area (Å²) in [7, 11) is 4.00. The van der Waals surface area contributed by atoms with E-state index in [1.54, 1.807) is 12.2 Å². The van der Waals surface area contributed by atoms with Crippen molar-refractivity contribution in [3.63, 3.8) is 0 Å². The van der Waals surface area contributed by atoms with Gasteiger partial charge >= 0.3 is 0 Å². The van der Waals surface area contributed by atoms with Gasteiger partial charge in [0.25, 0.3) is 11.5 Å². The Bertz CT molecular complexity index is 1930. The summed E-state index contributed by atoms with van der Waals surface area (Å²) in [4.78, 5) is 34.4. The number of aromatic hydroxyl groups is 1. The van der Waals surface area contributed by atoms with Gasteiger partial charge in [0.15, 0.2) is 17.3 Å². The van der Waals surface area contributed by atoms with E-state index in [1.165, 1.54) is 12.4 Å². The molecule has 3 N–H and O–H groups in total. The minimum atomic E-state index is -1.03. The van der Waals surface area contributed by atoms with Gasteiger partial charge in [0.1, 0.15) is 5.56 Å². The van der Waals surface area contributed by atoms with Crippen molar-refractivity contribution in [1.29, 1.82) is 0 Å². The lowest BCUT2D eigenvalue weighted by atomic mass is 10.1. The van der Waals surface area contributed by atoms with Crippen LogP contribution >= 0.6 is 0 Å². The minimum absolute atomic E-state index is 0.0753. The van der Waals surface area contributed by atoms with Gasteiger partial charge < -0.3 is 20.3 Å². The van der Waals surface area contributed by atoms with Crippen molar-refractivity contribution >= 4 is 34.3 Å². The number of hydrogen-bond donors (Lipinski definition) is 3. The van der Waals surface area contributed by atoms with Gasteiger partial charge in [0, 0.05) is 24.7 Å². The zero-order chi connectivity index (χ0) is 31.2. The average molecular weight is 598 g/mol. The smallest absolute Gasteiger partial charge is 0.266 e. The van der Waals surface area contributed by atoms with Gasteiger partial charge in [-0.25, -0.2) is 13.8 Å². The standard InChI is InChI=1S/C32H29F2N7O3/c1-40(2)17-21-5-9-23(10-6-21)38-39-29-24-11-7-20(15-28(24)37-31(29)43)4-3-13-36-30(42)25-16-35-19-41(32(25)44)18-22-8-12-26(33)27(34)14-22/h3-12,14-16,19,37,43H,13,17-18H2,1-2H3,(H,36,42)/b4-3+,39-38?. The molecule has 0 aliphatic carbocycles. The number of amides is 1. The predicted octanol–water partition coefficient (Wildman–Crippen LogP) is 5.68. The van der Waals surface area contributed by atoms with Crippen molar-refractivity contribution in [3.05, 3.63) is 124 Å². The molecule has 44 heavy (non-hydrogen) atoms. The number of aromatic nitrogens is 3. The molecular weight excluding hydrogens is 568 g/mol. The first kappa shape index (κ1) is 30.0. The van der Waals surface area contributed by atoms with Crippen LogP contribution in [0.1, 0.15) is 27.0 Å². The Hall–Kier alpha value is -5.49. The molecule has 5 rings (SSSR count). The summed E-state index contributed by atoms with van der Waals surface area (Å²) < 4.78 is 27.9. The Kier molecular flexibility index (Phi) is 9.01. The van der Waals surface area contributed by atoms with Gasteiger partial charge in [0.05, 0.1) is 24.1 Å². The van der Waals surface area contributed by atoms with E-state index in [0.717, 1.165) is 40.6 Å². The van der Waals surface area contributed by atoms with E-state index in [0.29, 0.717) is 27.8 Å². The molecule has 2 heterocycles. The number of H-pyrrole nitrogens is 1. The molecule has 5 aromatic rings. The molecule has 0 radical (unpaired) electrons. The second kappa shape index (κ2) is 13.2. The Morgan fingerprint density at radius 3 is 2.57 bits per heavy atom. The Morgan fingerprint density at radius 2 is 1.82 bits per heavy atom. The van der Waals surface area contributed by atoms with Crippen molar-refractivity contribution in [1.82, 2.24) is 24.8 Å². The number of aromatic amines is 1. The number of nitrogens with one attached hydrogen (secondary N) is 2. The maximum atomic E-state index is 13.5. The molecule has 12 heteroatoms. The van der Waals surface area contributed by atoms with E-state index >= 15 is 0 Å². The van der Waals surface area contributed by atoms with Crippen LogP contribution < -0.4 is 10.9 Å². The van der Waals surface area contributed by atoms with Crippen molar-refractivity contribution in [2.24, 2.45) is 10.2 Å². The molecule has 0 aliphatic rings. The van der Waals surface area contributed by atoms with Crippen LogP contribution in [0.15, 0.2) is 94.3 Å². The summed E-state index contributed by atoms with van der Waals surface area (Å²) in [6.07, 6.45) is 5.87. The highest BCUT2D eigenvalue weighted by Crippen LogP contribution is 2.36. The normalized spacial score (nSPS) is 11.8. The minimum Gasteiger partial charge on any atom is -0.493 e. The second-order valence-corrected chi connectivity index (χ2v) is 10.3. The summed E-state index contributed by atoms with van der Waals surface area (Å²) in [5, 5.41) is 22.3. The first-order chi connectivity index (χ1) is 21.2. The SMILES string of the molecule is CN(C)Cc1ccc(N=Nc2c(O)[nH]c3cc(/C=C/CNC(=O)c4cncn(Cc5ccc(F)c(F)c5)c4=O)ccc23)cc1. The fourth-order valence-electron chi connectivity index (χ4n) is 4.53. The molecule has 2 aromatic heterocycles. The van der Waals surface area contributed by atoms with E-state index in [2.05, 4.69) is 30.4 Å². The van der Waals surface area contributed by atoms with Crippen molar-refractivity contribution < 1.29 is 18.7 Å². The third kappa shape index (κ3) is 7.10. The van der Waals surface area contributed by atoms with Crippen LogP contribution in [0.4, 0.5) is 20.2 Å². The van der Waals surface area contributed by atoms with Gasteiger partial charge in [-0.3, -0.25) is 14.2 Å². The van der Waals surface area contributed by atoms with Gasteiger partial charge in [-0.2, -0.15) is 5.11 Å². The monoisotopic (exact) mass is 597 g/mol. The number of nitrogens with zero attached hydrogens (tertiary/aromatic N) is 5. The molecule has 1 amide bonds. The van der Waals surface area contributed by atoms with Gasteiger partial charge in [0.2, 0.25) is 5.88 Å². The summed E-state index contributed by atoms with van der Waals surface area (Å²) in [6, 6.07) is 16.5. The van der Waals surface area contributed by atoms with Crippen LogP contribution in [0.5, 0.6) is 5.88 Å². The Morgan fingerprint density at radius 1 is 1.05 bits per heavy atom. The highest BCUT2D eigenvalue weighted by Gasteiger charge is 2.14. The third-order valence-electron chi connectivity index (χ3n) is 6.65. The lowest BCUT2D eigenvalue weighted by Crippen LogP contribution is -2.33. The van der Waals surface area contributed by atoms with Crippen molar-refractivity contribution in [2.45, 2.75) is 13.1 Å². The summed E-state index contributed by atoms with van der Waals surface area (Å²) >= 11 is 0. The summed E-state index contributed by atoms with van der Waals surface area (Å²) in [5.74, 6) is -2.75. The van der Waals surface area contributed by atoms with E-state index in [1.807, 2.05) is 56.6 Å². The number of benzene rings is 3. The van der Waals surface area contributed by atoms with E-state index in [9.17, 15) is 23.5 Å². The van der Waals surface area contributed by atoms with Gasteiger partial charge in [-0.15, -0.1) is 5.11 Å². The largest absolute Gasteiger partial charge is 0.493 e. The molecule has 0 saturated carbocycles. The molecule has 0 bridgehead atoms. The summed E-state index contributed by atoms with van der Waals surface area (Å²) in [6.45, 7) is 0.866. The fourth-order valence-corrected chi connectivity index (χ4v) is 4.53. The third-order valence-corrected chi connectivity index (χ3v) is 6.65. The van der Waals surface area contributed by atoms with Crippen LogP contribution in [-0.4, -0.2) is 51.1 Å². The molecule has 0 unspecified atom stereocenters. The first-order valence-electron chi connectivity index (χ1n) is 13.6. The number of azo groups is 1. The fraction of sp³-hybridized carbons (Fsp3) is 0.156. The van der Waals surface area contributed by atoms with Gasteiger partial charge in [-0.1, -0.05) is 36.4 Å². The number of carbonyl (C=O) groups is 1. The summed E-state index contributed by atoms with van der Waals surface area (Å²) in [5.41, 5.74) is 3.14. The van der Waals surface area contributed by atoms with Crippen LogP contribution in [0.3, 0.4) is 0 Å². The van der Waals surface area contributed by atoms with Crippen LogP contribution in [-0.2, 0) is 13.1 Å². The number of rotatable bonds is 10. The second-order valence-electron chi connectivity index (χ2n) is 10.3. The lowest BCUT2D eigenvalue weighted by Gasteiger charge is -2.08. The molecule has 0 aliphatic heterocycles. The van der Waals surface area contributed by atoms with Crippen molar-refractivity contribution in [2.75, 3.05) is 20.6 Å². The Balaban J connectivity index is 1.21. The molecule has 0 fully saturated rings. The molecule has 3 aromatic carbocycles. The number of fused-ring (bicyclic) bond motifs is 1. The number of hydrogen-bond acceptors (Lipinski definition) is 7. The molecule has 0 atom stereocenters. The topological polar surface area (TPSA) is 128 Å². The van der Waals surface area contributed by atoms with Gasteiger partial charge in [-0.05, 0) is 67.2 Å². The van der Waals surface area contributed by atoms with Crippen LogP contribution in [0.2, 0.25) is 0 Å². The maximum absolute atomic E-state index is 13.5. The molecule has 10 nitrogen and oxygen atoms in total. The molecule has 0 spiro atoms. The number of carbonyl (C=O) groups excluding carboxylic acids is 1. The quantitative estimate of drug-likeness (QED) is 0.179. The van der Waals surface area contributed by atoms with Crippen molar-refractivity contribution in [3.8, 4) is 5.88 Å². The Labute approximate surface area is 251 Å². The predicted molar refractivity (Wildman–Crippen MR) is 163 cm³/mol. The van der Waals surface area contributed by atoms with E-state index in [4.69, 9.17) is 0 Å². The molecule has 0 saturated heterocycles. The zero-order valence-corrected chi connectivity index (χ0v) is 24.0. The van der Waals surface area contributed by atoms with Crippen LogP contribution in [0.25, 0.3) is 17.0 Å². The lowest BCUT2D eigenvalue weighted by molar-refractivity contribution is 0.0955. The molecule has 224 valence electrons. The maximum Gasteiger partial charge on any atom is 0.266 e. The van der Waals surface area contributed by atoms with E-state index in [-0.39, 0.29) is 24.5 Å². The average Bonchev–Trinajstić information content (AvgIpc) is 3.31. The van der Waals surface area contributed by atoms with E-state index < -0.39 is 23.1 Å². The highest BCUT2D eigenvalue weighted by atomic mass is 19.2. The first-order valence-corrected chi connectivity index (χ1v) is 13.6. The highest BCUT2D eigenvalue weighted by molar-refractivity contribution is 5.95. The number of halogens is 2. The molecular formula is C32H29F2N7O3.